The van der Waals surface area contributed by atoms with Crippen LogP contribution in [0.2, 0.25) is 0 Å². The average Bonchev–Trinajstić information content (AvgIpc) is 2.93. The van der Waals surface area contributed by atoms with Crippen LogP contribution in [0.5, 0.6) is 0 Å². The van der Waals surface area contributed by atoms with Gasteiger partial charge in [0.15, 0.2) is 0 Å². The molecule has 0 heterocycles. The summed E-state index contributed by atoms with van der Waals surface area (Å²) in [6.45, 7) is 11.7. The van der Waals surface area contributed by atoms with Crippen molar-refractivity contribution in [3.05, 3.63) is 56.5 Å². The normalized spacial score (nSPS) is 9.33. The molecule has 0 aliphatic heterocycles. The summed E-state index contributed by atoms with van der Waals surface area (Å²) in [7, 11) is 0. The molecule has 0 bridgehead atoms. The van der Waals surface area contributed by atoms with E-state index < -0.39 is 0 Å². The summed E-state index contributed by atoms with van der Waals surface area (Å²) >= 11 is 0. The number of rotatable bonds is 4. The number of allylic oxidation sites excluding steroid dienone is 4. The quantitative estimate of drug-likeness (QED) is 0.401. The molecule has 0 fully saturated rings. The monoisotopic (exact) mass is 416 g/mol. The molecule has 2 nitrogen and oxygen atoms in total. The fourth-order valence-corrected chi connectivity index (χ4v) is 0.507. The van der Waals surface area contributed by atoms with Crippen molar-refractivity contribution in [2.45, 2.75) is 26.2 Å². The van der Waals surface area contributed by atoms with Crippen molar-refractivity contribution >= 4 is 0 Å². The summed E-state index contributed by atoms with van der Waals surface area (Å²) in [5, 5.41) is 18.9. The van der Waals surface area contributed by atoms with E-state index in [1.54, 1.807) is 19.1 Å². The van der Waals surface area contributed by atoms with Gasteiger partial charge in [0.25, 0.3) is 0 Å². The Morgan fingerprint density at radius 3 is 1.67 bits per heavy atom. The maximum atomic E-state index is 9.46. The van der Waals surface area contributed by atoms with E-state index in [-0.39, 0.29) is 39.1 Å². The SMILES string of the molecule is C=CCC[O-].C=CCC[O-].[C-]1=CC=CC1.[CH2-]C.[Hf+4]. The Bertz CT molecular complexity index is 167. The molecule has 0 unspecified atom stereocenters. The van der Waals surface area contributed by atoms with Gasteiger partial charge in [0, 0.05) is 0 Å². The first-order valence-electron chi connectivity index (χ1n) is 5.63. The van der Waals surface area contributed by atoms with Gasteiger partial charge < -0.3 is 17.1 Å². The maximum absolute atomic E-state index is 9.46. The average molecular weight is 415 g/mol. The molecular formula is C15H24HfO2. The summed E-state index contributed by atoms with van der Waals surface area (Å²) in [4.78, 5) is 0. The van der Waals surface area contributed by atoms with Gasteiger partial charge in [-0.05, 0) is 0 Å². The largest absolute Gasteiger partial charge is 4.00 e. The summed E-state index contributed by atoms with van der Waals surface area (Å²) in [6, 6.07) is 0. The molecule has 0 N–H and O–H groups in total. The number of hydrogen-bond donors (Lipinski definition) is 0. The van der Waals surface area contributed by atoms with Gasteiger partial charge in [-0.2, -0.15) is 13.0 Å². The molecule has 0 atom stereocenters. The van der Waals surface area contributed by atoms with Crippen molar-refractivity contribution in [1.82, 2.24) is 0 Å². The van der Waals surface area contributed by atoms with E-state index >= 15 is 0 Å². The van der Waals surface area contributed by atoms with Crippen LogP contribution in [0, 0.1) is 13.0 Å². The molecule has 0 aromatic rings. The van der Waals surface area contributed by atoms with Crippen molar-refractivity contribution in [2.75, 3.05) is 13.2 Å². The molecular weight excluding hydrogens is 391 g/mol. The molecule has 18 heavy (non-hydrogen) atoms. The molecule has 3 heteroatoms. The van der Waals surface area contributed by atoms with Crippen LogP contribution in [0.1, 0.15) is 26.2 Å². The second-order valence-corrected chi connectivity index (χ2v) is 2.57. The second kappa shape index (κ2) is 36.0. The van der Waals surface area contributed by atoms with Crippen molar-refractivity contribution in [2.24, 2.45) is 0 Å². The summed E-state index contributed by atoms with van der Waals surface area (Å²) < 4.78 is 0. The van der Waals surface area contributed by atoms with Gasteiger partial charge in [0.05, 0.1) is 0 Å². The molecule has 0 radical (unpaired) electrons. The van der Waals surface area contributed by atoms with Crippen LogP contribution in [0.15, 0.2) is 43.5 Å². The smallest absolute Gasteiger partial charge is 0.854 e. The first-order valence-corrected chi connectivity index (χ1v) is 5.63. The minimum Gasteiger partial charge on any atom is -0.854 e. The van der Waals surface area contributed by atoms with Gasteiger partial charge >= 0.3 is 25.8 Å². The first-order chi connectivity index (χ1) is 8.33. The molecule has 0 amide bonds. The summed E-state index contributed by atoms with van der Waals surface area (Å²) in [6.07, 6.45) is 14.4. The zero-order valence-electron chi connectivity index (χ0n) is 11.4. The molecule has 0 aromatic heterocycles. The molecule has 0 saturated heterocycles. The van der Waals surface area contributed by atoms with Crippen molar-refractivity contribution in [3.8, 4) is 0 Å². The van der Waals surface area contributed by atoms with Gasteiger partial charge in [0.1, 0.15) is 0 Å². The van der Waals surface area contributed by atoms with Gasteiger partial charge in [-0.15, -0.1) is 32.8 Å². The Hall–Kier alpha value is -0.250. The zero-order valence-corrected chi connectivity index (χ0v) is 15.0. The van der Waals surface area contributed by atoms with E-state index in [9.17, 15) is 10.2 Å². The van der Waals surface area contributed by atoms with Crippen LogP contribution in [0.3, 0.4) is 0 Å². The summed E-state index contributed by atoms with van der Waals surface area (Å²) in [5.41, 5.74) is 0. The molecule has 100 valence electrons. The fourth-order valence-electron chi connectivity index (χ4n) is 0.507. The second-order valence-electron chi connectivity index (χ2n) is 2.57. The van der Waals surface area contributed by atoms with E-state index in [0.717, 1.165) is 6.42 Å². The van der Waals surface area contributed by atoms with Gasteiger partial charge in [-0.1, -0.05) is 25.0 Å². The third-order valence-corrected chi connectivity index (χ3v) is 1.23. The van der Waals surface area contributed by atoms with Crippen LogP contribution in [0.25, 0.3) is 0 Å². The topological polar surface area (TPSA) is 46.1 Å². The van der Waals surface area contributed by atoms with Crippen LogP contribution >= 0.6 is 0 Å². The molecule has 0 spiro atoms. The Morgan fingerprint density at radius 1 is 1.17 bits per heavy atom. The third-order valence-electron chi connectivity index (χ3n) is 1.23. The molecule has 1 aliphatic carbocycles. The number of hydrogen-bond acceptors (Lipinski definition) is 2. The fraction of sp³-hybridized carbons (Fsp3) is 0.400. The predicted molar refractivity (Wildman–Crippen MR) is 72.0 cm³/mol. The van der Waals surface area contributed by atoms with E-state index in [0.29, 0.717) is 12.8 Å². The van der Waals surface area contributed by atoms with Crippen molar-refractivity contribution in [3.63, 3.8) is 0 Å². The molecule has 1 aliphatic rings. The van der Waals surface area contributed by atoms with Gasteiger partial charge in [-0.25, -0.2) is 12.2 Å². The van der Waals surface area contributed by atoms with Crippen LogP contribution in [-0.4, -0.2) is 13.2 Å². The van der Waals surface area contributed by atoms with E-state index in [1.165, 1.54) is 0 Å². The third kappa shape index (κ3) is 44.8. The zero-order chi connectivity index (χ0) is 13.8. The maximum Gasteiger partial charge on any atom is 4.00 e. The van der Waals surface area contributed by atoms with Gasteiger partial charge in [0.2, 0.25) is 0 Å². The van der Waals surface area contributed by atoms with E-state index in [1.807, 2.05) is 12.2 Å². The standard InChI is InChI=1S/C5H5.2C4H7O.C2H5.Hf/c1-2-4-5-3-1;2*1-2-3-4-5;1-2;/h1-3H,4H2;2*2H,1,3-4H2;1H2,2H3;/q4*-1;+4. The molecule has 1 rings (SSSR count). The molecule has 0 saturated carbocycles. The van der Waals surface area contributed by atoms with Gasteiger partial charge in [-0.3, -0.25) is 6.08 Å². The summed E-state index contributed by atoms with van der Waals surface area (Å²) in [5.74, 6) is 0. The Balaban J connectivity index is -0.0000000744. The minimum atomic E-state index is -0.0243. The van der Waals surface area contributed by atoms with Crippen LogP contribution < -0.4 is 10.2 Å². The predicted octanol–water partition coefficient (Wildman–Crippen LogP) is 1.99. The van der Waals surface area contributed by atoms with Crippen LogP contribution in [0.4, 0.5) is 0 Å². The van der Waals surface area contributed by atoms with E-state index in [4.69, 9.17) is 0 Å². The minimum absolute atomic E-state index is 0. The Labute approximate surface area is 132 Å². The Kier molecular flexibility index (Phi) is 52.6. The van der Waals surface area contributed by atoms with Crippen molar-refractivity contribution in [1.29, 1.82) is 0 Å². The van der Waals surface area contributed by atoms with Crippen molar-refractivity contribution < 1.29 is 36.1 Å². The molecule has 0 aromatic carbocycles. The first kappa shape index (κ1) is 26.3. The van der Waals surface area contributed by atoms with Crippen LogP contribution in [-0.2, 0) is 25.8 Å². The van der Waals surface area contributed by atoms with E-state index in [2.05, 4.69) is 32.2 Å². The Morgan fingerprint density at radius 2 is 1.61 bits per heavy atom.